The van der Waals surface area contributed by atoms with Gasteiger partial charge in [-0.3, -0.25) is 9.59 Å². The number of esters is 1. The second kappa shape index (κ2) is 8.82. The highest BCUT2D eigenvalue weighted by molar-refractivity contribution is 5.92. The molecule has 1 aliphatic rings. The molecule has 1 aromatic heterocycles. The van der Waals surface area contributed by atoms with Crippen LogP contribution in [-0.2, 0) is 9.59 Å². The van der Waals surface area contributed by atoms with Gasteiger partial charge in [-0.05, 0) is 31.0 Å². The molecular formula is C21H23FN2O4. The molecule has 1 saturated carbocycles. The Labute approximate surface area is 163 Å². The monoisotopic (exact) mass is 386 g/mol. The second-order valence-electron chi connectivity index (χ2n) is 6.83. The largest absolute Gasteiger partial charge is 0.496 e. The molecule has 7 heteroatoms. The van der Waals surface area contributed by atoms with Crippen LogP contribution in [0.25, 0.3) is 11.1 Å². The third-order valence-electron chi connectivity index (χ3n) is 4.81. The fraction of sp³-hybridized carbons (Fsp3) is 0.381. The molecule has 0 atom stereocenters. The van der Waals surface area contributed by atoms with Crippen LogP contribution in [0.2, 0.25) is 0 Å². The number of nitrogens with zero attached hydrogens (tertiary/aromatic N) is 1. The summed E-state index contributed by atoms with van der Waals surface area (Å²) in [7, 11) is 1.45. The van der Waals surface area contributed by atoms with Gasteiger partial charge in [0.05, 0.1) is 13.3 Å². The van der Waals surface area contributed by atoms with Crippen molar-refractivity contribution in [3.8, 4) is 22.6 Å². The molecule has 28 heavy (non-hydrogen) atoms. The van der Waals surface area contributed by atoms with Gasteiger partial charge in [0.15, 0.2) is 0 Å². The zero-order valence-corrected chi connectivity index (χ0v) is 16.0. The lowest BCUT2D eigenvalue weighted by molar-refractivity contribution is -0.131. The second-order valence-corrected chi connectivity index (χ2v) is 6.83. The van der Waals surface area contributed by atoms with Crippen molar-refractivity contribution in [1.29, 1.82) is 0 Å². The van der Waals surface area contributed by atoms with Crippen molar-refractivity contribution >= 4 is 17.7 Å². The Bertz CT molecular complexity index is 879. The highest BCUT2D eigenvalue weighted by Gasteiger charge is 2.22. The van der Waals surface area contributed by atoms with E-state index in [1.165, 1.54) is 26.2 Å². The van der Waals surface area contributed by atoms with E-state index in [0.29, 0.717) is 17.1 Å². The Morgan fingerprint density at radius 3 is 2.57 bits per heavy atom. The molecule has 1 fully saturated rings. The minimum Gasteiger partial charge on any atom is -0.496 e. The van der Waals surface area contributed by atoms with Crippen LogP contribution in [0.4, 0.5) is 10.2 Å². The quantitative estimate of drug-likeness (QED) is 0.611. The van der Waals surface area contributed by atoms with E-state index in [1.807, 2.05) is 0 Å². The van der Waals surface area contributed by atoms with Crippen molar-refractivity contribution in [3.05, 3.63) is 36.3 Å². The summed E-state index contributed by atoms with van der Waals surface area (Å²) in [5.74, 6) is -0.185. The number of carbonyl (C=O) groups is 2. The number of methoxy groups -OCH3 is 1. The van der Waals surface area contributed by atoms with Gasteiger partial charge in [0.1, 0.15) is 23.1 Å². The zero-order chi connectivity index (χ0) is 20.1. The Hall–Kier alpha value is -2.96. The van der Waals surface area contributed by atoms with Crippen molar-refractivity contribution in [3.63, 3.8) is 0 Å². The SMILES string of the molecule is COc1cc(OC(C)=O)ccc1-c1cc(NC(=O)C2CCCCC2)ncc1F. The first-order chi connectivity index (χ1) is 13.5. The first-order valence-electron chi connectivity index (χ1n) is 9.31. The number of benzene rings is 1. The van der Waals surface area contributed by atoms with Crippen molar-refractivity contribution in [2.75, 3.05) is 12.4 Å². The minimum absolute atomic E-state index is 0.0263. The first-order valence-corrected chi connectivity index (χ1v) is 9.31. The Balaban J connectivity index is 1.86. The van der Waals surface area contributed by atoms with Crippen LogP contribution < -0.4 is 14.8 Å². The maximum Gasteiger partial charge on any atom is 0.308 e. The Morgan fingerprint density at radius 2 is 1.89 bits per heavy atom. The summed E-state index contributed by atoms with van der Waals surface area (Å²) in [5.41, 5.74) is 0.701. The molecule has 2 aromatic rings. The van der Waals surface area contributed by atoms with Crippen molar-refractivity contribution < 1.29 is 23.5 Å². The summed E-state index contributed by atoms with van der Waals surface area (Å²) in [6.45, 7) is 1.30. The molecule has 0 bridgehead atoms. The topological polar surface area (TPSA) is 77.5 Å². The van der Waals surface area contributed by atoms with E-state index in [-0.39, 0.29) is 23.2 Å². The van der Waals surface area contributed by atoms with Crippen LogP contribution in [0.1, 0.15) is 39.0 Å². The van der Waals surface area contributed by atoms with Crippen LogP contribution in [0.3, 0.4) is 0 Å². The number of ether oxygens (including phenoxy) is 2. The van der Waals surface area contributed by atoms with Crippen LogP contribution in [0, 0.1) is 11.7 Å². The van der Waals surface area contributed by atoms with E-state index in [4.69, 9.17) is 9.47 Å². The van der Waals surface area contributed by atoms with E-state index < -0.39 is 11.8 Å². The Kier molecular flexibility index (Phi) is 6.23. The summed E-state index contributed by atoms with van der Waals surface area (Å²) < 4.78 is 24.8. The van der Waals surface area contributed by atoms with Gasteiger partial charge in [-0.2, -0.15) is 0 Å². The predicted octanol–water partition coefficient (Wildman–Crippen LogP) is 4.34. The number of pyridine rings is 1. The smallest absolute Gasteiger partial charge is 0.308 e. The number of halogens is 1. The Morgan fingerprint density at radius 1 is 1.14 bits per heavy atom. The van der Waals surface area contributed by atoms with Crippen LogP contribution in [0.15, 0.2) is 30.5 Å². The molecule has 6 nitrogen and oxygen atoms in total. The molecule has 0 spiro atoms. The lowest BCUT2D eigenvalue weighted by Gasteiger charge is -2.20. The predicted molar refractivity (Wildman–Crippen MR) is 103 cm³/mol. The third-order valence-corrected chi connectivity index (χ3v) is 4.81. The summed E-state index contributed by atoms with van der Waals surface area (Å²) in [5, 5.41) is 2.80. The van der Waals surface area contributed by atoms with Crippen molar-refractivity contribution in [2.24, 2.45) is 5.92 Å². The number of hydrogen-bond donors (Lipinski definition) is 1. The van der Waals surface area contributed by atoms with E-state index in [1.54, 1.807) is 12.1 Å². The van der Waals surface area contributed by atoms with Gasteiger partial charge in [0.2, 0.25) is 5.91 Å². The number of carbonyl (C=O) groups excluding carboxylic acids is 2. The lowest BCUT2D eigenvalue weighted by Crippen LogP contribution is -2.25. The molecule has 0 unspecified atom stereocenters. The summed E-state index contributed by atoms with van der Waals surface area (Å²) in [6.07, 6.45) is 6.06. The van der Waals surface area contributed by atoms with Gasteiger partial charge >= 0.3 is 5.97 Å². The van der Waals surface area contributed by atoms with Gasteiger partial charge in [-0.15, -0.1) is 0 Å². The molecule has 1 aromatic carbocycles. The van der Waals surface area contributed by atoms with Gasteiger partial charge in [-0.1, -0.05) is 19.3 Å². The molecular weight excluding hydrogens is 363 g/mol. The number of aromatic nitrogens is 1. The standard InChI is InChI=1S/C21H23FN2O4/c1-13(25)28-15-8-9-16(19(10-15)27-2)17-11-20(23-12-18(17)22)24-21(26)14-6-4-3-5-7-14/h8-12,14H,3-7H2,1-2H3,(H,23,24,26). The van der Waals surface area contributed by atoms with Gasteiger partial charge in [0.25, 0.3) is 0 Å². The molecule has 148 valence electrons. The summed E-state index contributed by atoms with van der Waals surface area (Å²) >= 11 is 0. The van der Waals surface area contributed by atoms with Crippen molar-refractivity contribution in [2.45, 2.75) is 39.0 Å². The molecule has 0 saturated heterocycles. The fourth-order valence-corrected chi connectivity index (χ4v) is 3.43. The summed E-state index contributed by atoms with van der Waals surface area (Å²) in [6, 6.07) is 6.15. The number of rotatable bonds is 5. The zero-order valence-electron chi connectivity index (χ0n) is 16.0. The number of anilines is 1. The molecule has 3 rings (SSSR count). The van der Waals surface area contributed by atoms with Gasteiger partial charge in [-0.25, -0.2) is 9.37 Å². The number of amides is 1. The van der Waals surface area contributed by atoms with Crippen LogP contribution in [0.5, 0.6) is 11.5 Å². The van der Waals surface area contributed by atoms with Crippen LogP contribution in [-0.4, -0.2) is 24.0 Å². The van der Waals surface area contributed by atoms with Crippen LogP contribution >= 0.6 is 0 Å². The lowest BCUT2D eigenvalue weighted by atomic mass is 9.89. The maximum absolute atomic E-state index is 14.5. The van der Waals surface area contributed by atoms with Gasteiger partial charge in [0, 0.05) is 30.0 Å². The highest BCUT2D eigenvalue weighted by Crippen LogP contribution is 2.35. The number of nitrogens with one attached hydrogen (secondary N) is 1. The van der Waals surface area contributed by atoms with Crippen molar-refractivity contribution in [1.82, 2.24) is 4.98 Å². The minimum atomic E-state index is -0.547. The molecule has 1 aliphatic carbocycles. The maximum atomic E-state index is 14.5. The summed E-state index contributed by atoms with van der Waals surface area (Å²) in [4.78, 5) is 27.6. The van der Waals surface area contributed by atoms with E-state index >= 15 is 0 Å². The molecule has 0 radical (unpaired) electrons. The fourth-order valence-electron chi connectivity index (χ4n) is 3.43. The molecule has 0 aliphatic heterocycles. The molecule has 1 heterocycles. The van der Waals surface area contributed by atoms with E-state index in [0.717, 1.165) is 38.3 Å². The molecule has 1 amide bonds. The van der Waals surface area contributed by atoms with Gasteiger partial charge < -0.3 is 14.8 Å². The number of hydrogen-bond acceptors (Lipinski definition) is 5. The molecule has 1 N–H and O–H groups in total. The third kappa shape index (κ3) is 4.65. The average Bonchev–Trinajstić information content (AvgIpc) is 2.69. The average molecular weight is 386 g/mol. The first kappa shape index (κ1) is 19.8. The normalized spacial score (nSPS) is 14.4. The highest BCUT2D eigenvalue weighted by atomic mass is 19.1. The van der Waals surface area contributed by atoms with E-state index in [9.17, 15) is 14.0 Å². The van der Waals surface area contributed by atoms with E-state index in [2.05, 4.69) is 10.3 Å².